The Labute approximate surface area is 199 Å². The number of rotatable bonds is 6. The van der Waals surface area contributed by atoms with Crippen molar-refractivity contribution >= 4 is 22.3 Å². The molecule has 1 saturated heterocycles. The predicted molar refractivity (Wildman–Crippen MR) is 133 cm³/mol. The van der Waals surface area contributed by atoms with Crippen LogP contribution in [0.1, 0.15) is 40.9 Å². The van der Waals surface area contributed by atoms with E-state index in [-0.39, 0.29) is 5.91 Å². The molecule has 2 aliphatic heterocycles. The summed E-state index contributed by atoms with van der Waals surface area (Å²) in [5.74, 6) is 0.904. The minimum atomic E-state index is -0.0869. The molecule has 1 fully saturated rings. The molecule has 0 aliphatic carbocycles. The summed E-state index contributed by atoms with van der Waals surface area (Å²) in [6.45, 7) is 1.33. The molecule has 170 valence electrons. The van der Waals surface area contributed by atoms with Gasteiger partial charge in [0.1, 0.15) is 5.76 Å². The SMILES string of the molecule is O=C(NCC1=C(c2ccc3ccccc3c2)C[C@@H]2CC[C@H]1N2Cc1ccco1)c1cccnc1. The van der Waals surface area contributed by atoms with Crippen molar-refractivity contribution in [3.8, 4) is 0 Å². The van der Waals surface area contributed by atoms with Gasteiger partial charge in [-0.1, -0.05) is 36.4 Å². The fourth-order valence-corrected chi connectivity index (χ4v) is 5.60. The van der Waals surface area contributed by atoms with Crippen LogP contribution in [-0.2, 0) is 6.54 Å². The highest BCUT2D eigenvalue weighted by atomic mass is 16.3. The van der Waals surface area contributed by atoms with Crippen LogP contribution in [0.3, 0.4) is 0 Å². The van der Waals surface area contributed by atoms with Crippen molar-refractivity contribution in [3.63, 3.8) is 0 Å². The van der Waals surface area contributed by atoms with Crippen LogP contribution in [0.15, 0.2) is 95.4 Å². The van der Waals surface area contributed by atoms with Crippen LogP contribution in [0.25, 0.3) is 16.3 Å². The first-order valence-electron chi connectivity index (χ1n) is 11.9. The van der Waals surface area contributed by atoms with Gasteiger partial charge >= 0.3 is 0 Å². The number of nitrogens with zero attached hydrogens (tertiary/aromatic N) is 2. The number of hydrogen-bond donors (Lipinski definition) is 1. The van der Waals surface area contributed by atoms with Crippen molar-refractivity contribution < 1.29 is 9.21 Å². The van der Waals surface area contributed by atoms with Crippen molar-refractivity contribution in [2.24, 2.45) is 0 Å². The van der Waals surface area contributed by atoms with E-state index in [2.05, 4.69) is 57.7 Å². The third-order valence-electron chi connectivity index (χ3n) is 7.25. The van der Waals surface area contributed by atoms with Gasteiger partial charge in [-0.2, -0.15) is 0 Å². The third kappa shape index (κ3) is 3.93. The summed E-state index contributed by atoms with van der Waals surface area (Å²) in [6, 6.07) is 23.6. The molecule has 4 aromatic rings. The van der Waals surface area contributed by atoms with Crippen LogP contribution in [0, 0.1) is 0 Å². The van der Waals surface area contributed by atoms with Crippen molar-refractivity contribution in [3.05, 3.63) is 108 Å². The van der Waals surface area contributed by atoms with Gasteiger partial charge in [0.15, 0.2) is 0 Å². The third-order valence-corrected chi connectivity index (χ3v) is 7.25. The van der Waals surface area contributed by atoms with E-state index in [1.807, 2.05) is 12.1 Å². The van der Waals surface area contributed by atoms with E-state index in [4.69, 9.17) is 4.42 Å². The number of pyridine rings is 1. The Balaban J connectivity index is 1.36. The second-order valence-electron chi connectivity index (χ2n) is 9.19. The first-order chi connectivity index (χ1) is 16.8. The van der Waals surface area contributed by atoms with E-state index in [9.17, 15) is 4.79 Å². The maximum Gasteiger partial charge on any atom is 0.253 e. The minimum Gasteiger partial charge on any atom is -0.468 e. The van der Waals surface area contributed by atoms with Gasteiger partial charge in [0.25, 0.3) is 5.91 Å². The molecular formula is C29H27N3O2. The van der Waals surface area contributed by atoms with Crippen LogP contribution < -0.4 is 5.32 Å². The fourth-order valence-electron chi connectivity index (χ4n) is 5.60. The molecule has 0 saturated carbocycles. The molecule has 2 bridgehead atoms. The summed E-state index contributed by atoms with van der Waals surface area (Å²) in [4.78, 5) is 19.5. The molecule has 5 heteroatoms. The Bertz CT molecular complexity index is 1340. The van der Waals surface area contributed by atoms with Gasteiger partial charge in [-0.3, -0.25) is 14.7 Å². The molecule has 0 radical (unpaired) electrons. The molecule has 2 atom stereocenters. The van der Waals surface area contributed by atoms with E-state index in [0.717, 1.165) is 31.6 Å². The molecule has 2 aromatic heterocycles. The summed E-state index contributed by atoms with van der Waals surface area (Å²) in [5, 5.41) is 5.67. The number of carbonyl (C=O) groups excluding carboxylic acids is 1. The second-order valence-corrected chi connectivity index (χ2v) is 9.19. The Morgan fingerprint density at radius 1 is 1.03 bits per heavy atom. The molecule has 5 nitrogen and oxygen atoms in total. The van der Waals surface area contributed by atoms with Gasteiger partial charge in [-0.15, -0.1) is 0 Å². The van der Waals surface area contributed by atoms with Crippen LogP contribution in [0.4, 0.5) is 0 Å². The highest BCUT2D eigenvalue weighted by Gasteiger charge is 2.41. The van der Waals surface area contributed by atoms with E-state index in [1.54, 1.807) is 30.8 Å². The first kappa shape index (κ1) is 20.9. The Morgan fingerprint density at radius 2 is 1.94 bits per heavy atom. The van der Waals surface area contributed by atoms with Gasteiger partial charge in [0.2, 0.25) is 0 Å². The highest BCUT2D eigenvalue weighted by Crippen LogP contribution is 2.44. The van der Waals surface area contributed by atoms with Gasteiger partial charge in [-0.25, -0.2) is 0 Å². The lowest BCUT2D eigenvalue weighted by Gasteiger charge is -2.38. The second kappa shape index (κ2) is 8.92. The molecule has 4 heterocycles. The fraction of sp³-hybridized carbons (Fsp3) is 0.241. The largest absolute Gasteiger partial charge is 0.468 e. The first-order valence-corrected chi connectivity index (χ1v) is 11.9. The molecule has 2 aromatic carbocycles. The zero-order chi connectivity index (χ0) is 22.9. The quantitative estimate of drug-likeness (QED) is 0.425. The molecule has 2 aliphatic rings. The normalized spacial score (nSPS) is 20.1. The van der Waals surface area contributed by atoms with Gasteiger partial charge < -0.3 is 9.73 Å². The van der Waals surface area contributed by atoms with Crippen LogP contribution in [-0.4, -0.2) is 34.4 Å². The molecule has 34 heavy (non-hydrogen) atoms. The maximum atomic E-state index is 12.8. The number of carbonyl (C=O) groups is 1. The Kier molecular flexibility index (Phi) is 5.47. The average Bonchev–Trinajstić information content (AvgIpc) is 3.50. The smallest absolute Gasteiger partial charge is 0.253 e. The number of benzene rings is 2. The van der Waals surface area contributed by atoms with Crippen molar-refractivity contribution in [2.75, 3.05) is 6.54 Å². The number of nitrogens with one attached hydrogen (secondary N) is 1. The molecule has 6 rings (SSSR count). The summed E-state index contributed by atoms with van der Waals surface area (Å²) in [7, 11) is 0. The zero-order valence-corrected chi connectivity index (χ0v) is 19.0. The molecular weight excluding hydrogens is 422 g/mol. The van der Waals surface area contributed by atoms with E-state index < -0.39 is 0 Å². The number of aromatic nitrogens is 1. The molecule has 0 unspecified atom stereocenters. The molecule has 1 N–H and O–H groups in total. The van der Waals surface area contributed by atoms with Crippen LogP contribution in [0.5, 0.6) is 0 Å². The van der Waals surface area contributed by atoms with Gasteiger partial charge in [0.05, 0.1) is 18.4 Å². The van der Waals surface area contributed by atoms with Crippen molar-refractivity contribution in [1.29, 1.82) is 0 Å². The Morgan fingerprint density at radius 3 is 2.76 bits per heavy atom. The van der Waals surface area contributed by atoms with E-state index in [0.29, 0.717) is 24.2 Å². The lowest BCUT2D eigenvalue weighted by molar-refractivity contribution is 0.0953. The standard InChI is InChI=1S/C29H27N3O2/c33-29(23-7-3-13-30-17-23)31-18-27-26(22-10-9-20-5-1-2-6-21(20)15-22)16-24-11-12-28(27)32(24)19-25-8-4-14-34-25/h1-10,13-15,17,24,28H,11-12,16,18-19H2,(H,31,33)/t24-,28+/m0/s1. The number of hydrogen-bond acceptors (Lipinski definition) is 4. The average molecular weight is 450 g/mol. The van der Waals surface area contributed by atoms with Gasteiger partial charge in [-0.05, 0) is 77.1 Å². The summed E-state index contributed by atoms with van der Waals surface area (Å²) < 4.78 is 5.68. The summed E-state index contributed by atoms with van der Waals surface area (Å²) in [6.07, 6.45) is 8.27. The van der Waals surface area contributed by atoms with Crippen molar-refractivity contribution in [2.45, 2.75) is 37.9 Å². The summed E-state index contributed by atoms with van der Waals surface area (Å²) >= 11 is 0. The molecule has 0 spiro atoms. The minimum absolute atomic E-state index is 0.0869. The van der Waals surface area contributed by atoms with Crippen molar-refractivity contribution in [1.82, 2.24) is 15.2 Å². The van der Waals surface area contributed by atoms with Gasteiger partial charge in [0, 0.05) is 31.0 Å². The predicted octanol–water partition coefficient (Wildman–Crippen LogP) is 5.45. The highest BCUT2D eigenvalue weighted by molar-refractivity contribution is 5.94. The number of furan rings is 1. The van der Waals surface area contributed by atoms with E-state index >= 15 is 0 Å². The van der Waals surface area contributed by atoms with Crippen LogP contribution >= 0.6 is 0 Å². The Hall–Kier alpha value is -3.70. The number of fused-ring (bicyclic) bond motifs is 3. The zero-order valence-electron chi connectivity index (χ0n) is 19.0. The lowest BCUT2D eigenvalue weighted by Crippen LogP contribution is -2.43. The topological polar surface area (TPSA) is 58.4 Å². The van der Waals surface area contributed by atoms with Crippen LogP contribution in [0.2, 0.25) is 0 Å². The lowest BCUT2D eigenvalue weighted by atomic mass is 9.87. The number of amides is 1. The molecule has 1 amide bonds. The maximum absolute atomic E-state index is 12.8. The van der Waals surface area contributed by atoms with E-state index in [1.165, 1.54) is 27.5 Å². The summed E-state index contributed by atoms with van der Waals surface area (Å²) in [5.41, 5.74) is 4.54. The monoisotopic (exact) mass is 449 g/mol.